The zero-order chi connectivity index (χ0) is 21.9. The van der Waals surface area contributed by atoms with Crippen LogP contribution in [-0.4, -0.2) is 25.3 Å². The van der Waals surface area contributed by atoms with Gasteiger partial charge in [0.15, 0.2) is 5.78 Å². The lowest BCUT2D eigenvalue weighted by molar-refractivity contribution is 0.0695. The number of halogens is 2. The molecule has 1 N–H and O–H groups in total. The number of hydrogen-bond donors (Lipinski definition) is 1. The summed E-state index contributed by atoms with van der Waals surface area (Å²) in [5, 5.41) is 9.76. The lowest BCUT2D eigenvalue weighted by Crippen LogP contribution is -2.13. The monoisotopic (exact) mass is 464 g/mol. The molecule has 0 bridgehead atoms. The highest BCUT2D eigenvalue weighted by molar-refractivity contribution is 8.13. The van der Waals surface area contributed by atoms with Crippen molar-refractivity contribution in [2.24, 2.45) is 0 Å². The molecule has 3 rings (SSSR count). The Kier molecular flexibility index (Phi) is 6.45. The molecule has 0 spiro atoms. The van der Waals surface area contributed by atoms with E-state index < -0.39 is 25.7 Å². The van der Waals surface area contributed by atoms with Crippen molar-refractivity contribution in [3.8, 4) is 5.75 Å². The first-order valence-corrected chi connectivity index (χ1v) is 11.2. The number of ketones is 1. The molecule has 0 fully saturated rings. The molecule has 0 radical (unpaired) electrons. The average molecular weight is 465 g/mol. The topological polar surface area (TPSA) is 97.7 Å². The lowest BCUT2D eigenvalue weighted by atomic mass is 10.0. The third kappa shape index (κ3) is 4.99. The highest BCUT2D eigenvalue weighted by atomic mass is 35.7. The van der Waals surface area contributed by atoms with Crippen LogP contribution in [0.4, 0.5) is 0 Å². The predicted octanol–water partition coefficient (Wildman–Crippen LogP) is 4.78. The van der Waals surface area contributed by atoms with Gasteiger partial charge < -0.3 is 9.84 Å². The van der Waals surface area contributed by atoms with Crippen LogP contribution in [0.5, 0.6) is 5.75 Å². The number of ether oxygens (including phenoxy) is 1. The molecule has 0 saturated carbocycles. The van der Waals surface area contributed by atoms with Crippen molar-refractivity contribution in [1.29, 1.82) is 0 Å². The zero-order valence-corrected chi connectivity index (χ0v) is 17.5. The third-order valence-corrected chi connectivity index (χ3v) is 5.74. The Balaban J connectivity index is 2.18. The van der Waals surface area contributed by atoms with Crippen molar-refractivity contribution in [2.75, 3.05) is 0 Å². The first-order chi connectivity index (χ1) is 14.2. The Hall–Kier alpha value is -2.87. The maximum Gasteiger partial charge on any atom is 0.335 e. The smallest absolute Gasteiger partial charge is 0.335 e. The molecule has 0 amide bonds. The standard InChI is InChI=1S/C21H14Cl2O6S/c22-16-8-6-14(7-9-16)20(24)19-17(29-12-13-4-2-1-3-5-13)10-15(21(25)26)11-18(19)30(23,27)28/h1-11H,12H2,(H,25,26). The summed E-state index contributed by atoms with van der Waals surface area (Å²) >= 11 is 5.85. The van der Waals surface area contributed by atoms with Crippen LogP contribution in [0, 0.1) is 0 Å². The van der Waals surface area contributed by atoms with Crippen molar-refractivity contribution in [3.63, 3.8) is 0 Å². The lowest BCUT2D eigenvalue weighted by Gasteiger charge is -2.15. The molecule has 0 heterocycles. The van der Waals surface area contributed by atoms with Gasteiger partial charge in [-0.05, 0) is 42.0 Å². The Labute approximate surface area is 182 Å². The number of carboxylic acid groups (broad SMARTS) is 1. The van der Waals surface area contributed by atoms with Crippen LogP contribution in [0.2, 0.25) is 5.02 Å². The second-order valence-corrected chi connectivity index (χ2v) is 9.17. The predicted molar refractivity (Wildman–Crippen MR) is 112 cm³/mol. The number of hydrogen-bond acceptors (Lipinski definition) is 5. The summed E-state index contributed by atoms with van der Waals surface area (Å²) in [6.07, 6.45) is 0. The van der Waals surface area contributed by atoms with Crippen LogP contribution >= 0.6 is 22.3 Å². The van der Waals surface area contributed by atoms with E-state index in [0.717, 1.165) is 17.7 Å². The van der Waals surface area contributed by atoms with Gasteiger partial charge in [0.25, 0.3) is 9.05 Å². The molecule has 3 aromatic rings. The molecule has 0 aliphatic heterocycles. The van der Waals surface area contributed by atoms with Gasteiger partial charge in [0, 0.05) is 21.3 Å². The van der Waals surface area contributed by atoms with Crippen LogP contribution < -0.4 is 4.74 Å². The van der Waals surface area contributed by atoms with Gasteiger partial charge in [-0.25, -0.2) is 13.2 Å². The van der Waals surface area contributed by atoms with E-state index >= 15 is 0 Å². The van der Waals surface area contributed by atoms with Gasteiger partial charge >= 0.3 is 5.97 Å². The van der Waals surface area contributed by atoms with Gasteiger partial charge in [-0.15, -0.1) is 0 Å². The van der Waals surface area contributed by atoms with Crippen LogP contribution in [-0.2, 0) is 15.7 Å². The summed E-state index contributed by atoms with van der Waals surface area (Å²) in [7, 11) is 1.06. The fourth-order valence-corrected chi connectivity index (χ4v) is 3.92. The number of aromatic carboxylic acids is 1. The van der Waals surface area contributed by atoms with Gasteiger partial charge in [-0.2, -0.15) is 0 Å². The summed E-state index contributed by atoms with van der Waals surface area (Å²) in [5.74, 6) is -2.31. The van der Waals surface area contributed by atoms with E-state index in [0.29, 0.717) is 5.02 Å². The van der Waals surface area contributed by atoms with E-state index in [2.05, 4.69) is 0 Å². The van der Waals surface area contributed by atoms with Crippen LogP contribution in [0.25, 0.3) is 0 Å². The molecule has 6 nitrogen and oxygen atoms in total. The molecular formula is C21H14Cl2O6S. The number of carboxylic acids is 1. The molecule has 3 aromatic carbocycles. The molecule has 0 aliphatic carbocycles. The maximum absolute atomic E-state index is 13.1. The van der Waals surface area contributed by atoms with Crippen molar-refractivity contribution in [1.82, 2.24) is 0 Å². The van der Waals surface area contributed by atoms with E-state index in [-0.39, 0.29) is 29.0 Å². The molecular weight excluding hydrogens is 451 g/mol. The second-order valence-electron chi connectivity index (χ2n) is 6.20. The average Bonchev–Trinajstić information content (AvgIpc) is 2.71. The largest absolute Gasteiger partial charge is 0.488 e. The van der Waals surface area contributed by atoms with E-state index in [9.17, 15) is 23.1 Å². The number of rotatable bonds is 7. The summed E-state index contributed by atoms with van der Waals surface area (Å²) in [4.78, 5) is 24.0. The minimum atomic E-state index is -4.47. The first kappa shape index (κ1) is 21.8. The molecule has 0 aliphatic rings. The molecule has 0 atom stereocenters. The maximum atomic E-state index is 13.1. The SMILES string of the molecule is O=C(O)c1cc(OCc2ccccc2)c(C(=O)c2ccc(Cl)cc2)c(S(=O)(=O)Cl)c1. The molecule has 30 heavy (non-hydrogen) atoms. The minimum Gasteiger partial charge on any atom is -0.488 e. The van der Waals surface area contributed by atoms with Crippen molar-refractivity contribution >= 4 is 43.1 Å². The molecule has 0 aromatic heterocycles. The fourth-order valence-electron chi connectivity index (χ4n) is 2.72. The van der Waals surface area contributed by atoms with Crippen molar-refractivity contribution in [3.05, 3.63) is 94.0 Å². The van der Waals surface area contributed by atoms with E-state index in [1.165, 1.54) is 24.3 Å². The molecule has 0 unspecified atom stereocenters. The van der Waals surface area contributed by atoms with Gasteiger partial charge in [0.2, 0.25) is 0 Å². The van der Waals surface area contributed by atoms with E-state index in [1.54, 1.807) is 24.3 Å². The Morgan fingerprint density at radius 1 is 0.933 bits per heavy atom. The Bertz CT molecular complexity index is 1210. The van der Waals surface area contributed by atoms with Gasteiger partial charge in [-0.3, -0.25) is 4.79 Å². The number of carbonyl (C=O) groups is 2. The number of benzene rings is 3. The second kappa shape index (κ2) is 8.87. The van der Waals surface area contributed by atoms with Gasteiger partial charge in [0.05, 0.1) is 16.0 Å². The quantitative estimate of drug-likeness (QED) is 0.399. The number of carbonyl (C=O) groups excluding carboxylic acids is 1. The van der Waals surface area contributed by atoms with Crippen LogP contribution in [0.1, 0.15) is 31.8 Å². The third-order valence-electron chi connectivity index (χ3n) is 4.15. The van der Waals surface area contributed by atoms with E-state index in [1.807, 2.05) is 6.07 Å². The van der Waals surface area contributed by atoms with Gasteiger partial charge in [0.1, 0.15) is 12.4 Å². The van der Waals surface area contributed by atoms with Crippen LogP contribution in [0.15, 0.2) is 71.6 Å². The zero-order valence-electron chi connectivity index (χ0n) is 15.2. The Morgan fingerprint density at radius 2 is 1.57 bits per heavy atom. The highest BCUT2D eigenvalue weighted by Crippen LogP contribution is 2.33. The molecule has 0 saturated heterocycles. The summed E-state index contributed by atoms with van der Waals surface area (Å²) in [6, 6.07) is 16.6. The fraction of sp³-hybridized carbons (Fsp3) is 0.0476. The summed E-state index contributed by atoms with van der Waals surface area (Å²) in [6.45, 7) is -0.0212. The van der Waals surface area contributed by atoms with Crippen LogP contribution in [0.3, 0.4) is 0 Å². The van der Waals surface area contributed by atoms with Gasteiger partial charge in [-0.1, -0.05) is 41.9 Å². The molecule has 9 heteroatoms. The summed E-state index contributed by atoms with van der Waals surface area (Å²) < 4.78 is 30.1. The van der Waals surface area contributed by atoms with Crippen molar-refractivity contribution in [2.45, 2.75) is 11.5 Å². The Morgan fingerprint density at radius 3 is 2.13 bits per heavy atom. The van der Waals surface area contributed by atoms with E-state index in [4.69, 9.17) is 27.0 Å². The first-order valence-electron chi connectivity index (χ1n) is 8.50. The molecule has 154 valence electrons. The minimum absolute atomic E-state index is 0.0212. The summed E-state index contributed by atoms with van der Waals surface area (Å²) in [5.41, 5.74) is 0.130. The normalized spacial score (nSPS) is 11.1. The highest BCUT2D eigenvalue weighted by Gasteiger charge is 2.28. The van der Waals surface area contributed by atoms with Crippen molar-refractivity contribution < 1.29 is 27.9 Å².